The molecule has 0 amide bonds. The fraction of sp³-hybridized carbons (Fsp3) is 0.250. The number of aryl methyl sites for hydroxylation is 1. The van der Waals surface area contributed by atoms with Crippen molar-refractivity contribution in [1.82, 2.24) is 0 Å². The highest BCUT2D eigenvalue weighted by atomic mass is 31.1. The lowest BCUT2D eigenvalue weighted by Crippen LogP contribution is -1.93. The van der Waals surface area contributed by atoms with Gasteiger partial charge in [-0.2, -0.15) is 0 Å². The lowest BCUT2D eigenvalue weighted by atomic mass is 10.2. The molecule has 0 saturated heterocycles. The number of hydrogen-bond acceptors (Lipinski definition) is 1. The van der Waals surface area contributed by atoms with Gasteiger partial charge in [0, 0.05) is 5.30 Å². The van der Waals surface area contributed by atoms with E-state index in [1.165, 1.54) is 5.56 Å². The third-order valence-corrected chi connectivity index (χ3v) is 2.60. The van der Waals surface area contributed by atoms with Crippen molar-refractivity contribution in [3.05, 3.63) is 29.8 Å². The van der Waals surface area contributed by atoms with Crippen LogP contribution in [0.25, 0.3) is 0 Å². The van der Waals surface area contributed by atoms with E-state index in [9.17, 15) is 4.57 Å². The van der Waals surface area contributed by atoms with Gasteiger partial charge in [-0.05, 0) is 13.6 Å². The molecule has 10 heavy (non-hydrogen) atoms. The van der Waals surface area contributed by atoms with Crippen LogP contribution in [0.1, 0.15) is 5.56 Å². The second-order valence-electron chi connectivity index (χ2n) is 2.42. The van der Waals surface area contributed by atoms with Gasteiger partial charge in [0.15, 0.2) is 0 Å². The van der Waals surface area contributed by atoms with Crippen molar-refractivity contribution in [3.63, 3.8) is 0 Å². The van der Waals surface area contributed by atoms with E-state index in [1.807, 2.05) is 31.2 Å². The largest absolute Gasteiger partial charge is 0.322 e. The van der Waals surface area contributed by atoms with Crippen LogP contribution in [0.15, 0.2) is 24.3 Å². The van der Waals surface area contributed by atoms with Crippen molar-refractivity contribution in [3.8, 4) is 0 Å². The average molecular weight is 154 g/mol. The summed E-state index contributed by atoms with van der Waals surface area (Å²) in [7, 11) is -1.48. The first-order chi connectivity index (χ1) is 4.70. The van der Waals surface area contributed by atoms with E-state index >= 15 is 0 Å². The molecule has 0 fully saturated rings. The minimum Gasteiger partial charge on any atom is -0.322 e. The molecule has 0 aromatic heterocycles. The van der Waals surface area contributed by atoms with Gasteiger partial charge in [-0.25, -0.2) is 0 Å². The van der Waals surface area contributed by atoms with Crippen molar-refractivity contribution >= 4 is 13.1 Å². The highest BCUT2D eigenvalue weighted by Gasteiger charge is 1.93. The van der Waals surface area contributed by atoms with E-state index in [-0.39, 0.29) is 0 Å². The fourth-order valence-electron chi connectivity index (χ4n) is 0.788. The molecule has 0 aliphatic heterocycles. The van der Waals surface area contributed by atoms with Gasteiger partial charge in [0.05, 0.1) is 0 Å². The van der Waals surface area contributed by atoms with Gasteiger partial charge in [-0.3, -0.25) is 0 Å². The Morgan fingerprint density at radius 1 is 1.20 bits per heavy atom. The third-order valence-electron chi connectivity index (χ3n) is 1.46. The van der Waals surface area contributed by atoms with Crippen LogP contribution in [0.3, 0.4) is 0 Å². The zero-order chi connectivity index (χ0) is 7.56. The van der Waals surface area contributed by atoms with E-state index in [2.05, 4.69) is 0 Å². The molecule has 0 N–H and O–H groups in total. The van der Waals surface area contributed by atoms with Gasteiger partial charge >= 0.3 is 0 Å². The maximum absolute atomic E-state index is 10.9. The van der Waals surface area contributed by atoms with Crippen LogP contribution in [-0.2, 0) is 4.57 Å². The molecular weight excluding hydrogens is 143 g/mol. The molecule has 0 spiro atoms. The van der Waals surface area contributed by atoms with Crippen molar-refractivity contribution in [2.75, 3.05) is 6.66 Å². The Bertz CT molecular complexity index is 238. The van der Waals surface area contributed by atoms with E-state index in [0.717, 1.165) is 5.30 Å². The van der Waals surface area contributed by atoms with E-state index in [4.69, 9.17) is 0 Å². The average Bonchev–Trinajstić information content (AvgIpc) is 1.88. The maximum Gasteiger partial charge on any atom is 0.101 e. The summed E-state index contributed by atoms with van der Waals surface area (Å²) in [6.45, 7) is 3.78. The second-order valence-corrected chi connectivity index (χ2v) is 4.11. The van der Waals surface area contributed by atoms with E-state index in [0.29, 0.717) is 0 Å². The van der Waals surface area contributed by atoms with Crippen molar-refractivity contribution in [2.45, 2.75) is 6.92 Å². The maximum atomic E-state index is 10.9. The quantitative estimate of drug-likeness (QED) is 0.564. The van der Waals surface area contributed by atoms with Gasteiger partial charge in [0.25, 0.3) is 0 Å². The van der Waals surface area contributed by atoms with Crippen molar-refractivity contribution < 1.29 is 4.57 Å². The Labute approximate surface area is 61.9 Å². The first-order valence-corrected chi connectivity index (χ1v) is 5.18. The summed E-state index contributed by atoms with van der Waals surface area (Å²) >= 11 is 0. The highest BCUT2D eigenvalue weighted by molar-refractivity contribution is 7.52. The highest BCUT2D eigenvalue weighted by Crippen LogP contribution is 2.12. The predicted octanol–water partition coefficient (Wildman–Crippen LogP) is 1.81. The first-order valence-electron chi connectivity index (χ1n) is 3.28. The van der Waals surface area contributed by atoms with Gasteiger partial charge in [-0.15, -0.1) is 0 Å². The van der Waals surface area contributed by atoms with Crippen molar-refractivity contribution in [1.29, 1.82) is 0 Å². The molecule has 0 aliphatic carbocycles. The Kier molecular flexibility index (Phi) is 2.29. The Hall–Kier alpha value is -0.550. The Morgan fingerprint density at radius 2 is 1.70 bits per heavy atom. The summed E-state index contributed by atoms with van der Waals surface area (Å²) < 4.78 is 10.9. The SMILES string of the molecule is Cc1ccc([PH](C)=O)cc1. The number of benzene rings is 1. The number of rotatable bonds is 1. The van der Waals surface area contributed by atoms with E-state index in [1.54, 1.807) is 6.66 Å². The standard InChI is InChI=1S/C8H11OP/c1-7-3-5-8(6-4-7)10(2)9/h3-6,10H,1-2H3. The summed E-state index contributed by atoms with van der Waals surface area (Å²) in [5.41, 5.74) is 1.21. The summed E-state index contributed by atoms with van der Waals surface area (Å²) in [5.74, 6) is 0. The molecule has 0 heterocycles. The molecule has 1 aromatic carbocycles. The van der Waals surface area contributed by atoms with Crippen LogP contribution in [0.4, 0.5) is 0 Å². The lowest BCUT2D eigenvalue weighted by Gasteiger charge is -1.95. The molecule has 1 rings (SSSR count). The zero-order valence-electron chi connectivity index (χ0n) is 6.22. The lowest BCUT2D eigenvalue weighted by molar-refractivity contribution is 0.596. The molecule has 1 nitrogen and oxygen atoms in total. The molecule has 1 unspecified atom stereocenters. The third kappa shape index (κ3) is 1.71. The molecule has 2 heteroatoms. The van der Waals surface area contributed by atoms with Crippen LogP contribution in [0.5, 0.6) is 0 Å². The molecular formula is C8H11OP. The zero-order valence-corrected chi connectivity index (χ0v) is 7.22. The summed E-state index contributed by atoms with van der Waals surface area (Å²) in [6.07, 6.45) is 0. The fourth-order valence-corrected chi connectivity index (χ4v) is 1.42. The van der Waals surface area contributed by atoms with E-state index < -0.39 is 7.80 Å². The Balaban J connectivity index is 3.00. The Morgan fingerprint density at radius 3 is 2.10 bits per heavy atom. The molecule has 0 radical (unpaired) electrons. The molecule has 54 valence electrons. The van der Waals surface area contributed by atoms with Crippen LogP contribution in [-0.4, -0.2) is 6.66 Å². The second kappa shape index (κ2) is 3.03. The smallest absolute Gasteiger partial charge is 0.101 e. The molecule has 0 saturated carbocycles. The summed E-state index contributed by atoms with van der Waals surface area (Å²) in [5, 5.41) is 0.968. The normalized spacial score (nSPS) is 13.0. The predicted molar refractivity (Wildman–Crippen MR) is 45.7 cm³/mol. The molecule has 1 aromatic rings. The van der Waals surface area contributed by atoms with Gasteiger partial charge < -0.3 is 4.57 Å². The topological polar surface area (TPSA) is 17.1 Å². The molecule has 0 aliphatic rings. The monoisotopic (exact) mass is 154 g/mol. The molecule has 1 atom stereocenters. The summed E-state index contributed by atoms with van der Waals surface area (Å²) in [4.78, 5) is 0. The van der Waals surface area contributed by atoms with Gasteiger partial charge in [-0.1, -0.05) is 29.8 Å². The molecule has 0 bridgehead atoms. The van der Waals surface area contributed by atoms with Crippen LogP contribution < -0.4 is 5.30 Å². The minimum atomic E-state index is -1.48. The van der Waals surface area contributed by atoms with Gasteiger partial charge in [0.2, 0.25) is 0 Å². The van der Waals surface area contributed by atoms with Crippen LogP contribution in [0.2, 0.25) is 0 Å². The van der Waals surface area contributed by atoms with Crippen LogP contribution in [0, 0.1) is 6.92 Å². The minimum absolute atomic E-state index is 0.968. The summed E-state index contributed by atoms with van der Waals surface area (Å²) in [6, 6.07) is 7.83. The van der Waals surface area contributed by atoms with Gasteiger partial charge in [0.1, 0.15) is 7.80 Å². The number of hydrogen-bond donors (Lipinski definition) is 0. The van der Waals surface area contributed by atoms with Crippen molar-refractivity contribution in [2.24, 2.45) is 0 Å². The first kappa shape index (κ1) is 7.56. The van der Waals surface area contributed by atoms with Crippen LogP contribution >= 0.6 is 7.80 Å².